The van der Waals surface area contributed by atoms with Crippen molar-refractivity contribution in [2.75, 3.05) is 0 Å². The molecule has 12 heavy (non-hydrogen) atoms. The molecular formula is C9H9N2O+. The van der Waals surface area contributed by atoms with Crippen LogP contribution in [-0.2, 0) is 0 Å². The van der Waals surface area contributed by atoms with E-state index in [1.807, 2.05) is 25.3 Å². The molecule has 3 nitrogen and oxygen atoms in total. The van der Waals surface area contributed by atoms with Crippen molar-refractivity contribution in [1.29, 1.82) is 0 Å². The number of hydrogen-bond donors (Lipinski definition) is 0. The molecule has 0 aliphatic heterocycles. The Morgan fingerprint density at radius 1 is 1.58 bits per heavy atom. The maximum Gasteiger partial charge on any atom is 0.293 e. The van der Waals surface area contributed by atoms with Crippen LogP contribution < -0.4 is 4.98 Å². The monoisotopic (exact) mass is 161 g/mol. The highest BCUT2D eigenvalue weighted by Gasteiger charge is 2.20. The summed E-state index contributed by atoms with van der Waals surface area (Å²) in [7, 11) is 0. The van der Waals surface area contributed by atoms with Crippen LogP contribution in [0.1, 0.15) is 28.3 Å². The number of nitrogens with one attached hydrogen (secondary N) is 1. The number of fused-ring (bicyclic) bond motifs is 1. The number of nitrogens with zero attached hydrogens (tertiary/aromatic N) is 1. The largest absolute Gasteiger partial charge is 0.293 e. The van der Waals surface area contributed by atoms with Crippen molar-refractivity contribution < 1.29 is 9.78 Å². The summed E-state index contributed by atoms with van der Waals surface area (Å²) < 4.78 is 0. The first-order valence-corrected chi connectivity index (χ1v) is 3.86. The van der Waals surface area contributed by atoms with Gasteiger partial charge in [-0.2, -0.15) is 0 Å². The number of aryl methyl sites for hydroxylation is 1. The van der Waals surface area contributed by atoms with Crippen LogP contribution in [0.2, 0.25) is 0 Å². The van der Waals surface area contributed by atoms with Gasteiger partial charge in [0.05, 0.1) is 11.8 Å². The summed E-state index contributed by atoms with van der Waals surface area (Å²) in [6.45, 7) is 1.84. The molecule has 0 unspecified atom stereocenters. The van der Waals surface area contributed by atoms with E-state index in [0.29, 0.717) is 12.1 Å². The first kappa shape index (κ1) is 7.16. The van der Waals surface area contributed by atoms with Gasteiger partial charge in [0.25, 0.3) is 5.82 Å². The molecular weight excluding hydrogens is 152 g/mol. The third-order valence-electron chi connectivity index (χ3n) is 1.85. The van der Waals surface area contributed by atoms with Gasteiger partial charge in [0.1, 0.15) is 0 Å². The number of Topliss-reactive ketones (excluding diaryl/α,β-unsaturated/α-hetero) is 1. The van der Waals surface area contributed by atoms with Gasteiger partial charge < -0.3 is 0 Å². The van der Waals surface area contributed by atoms with Crippen LogP contribution in [0.4, 0.5) is 0 Å². The second-order valence-electron chi connectivity index (χ2n) is 2.82. The van der Waals surface area contributed by atoms with Gasteiger partial charge in [-0.25, -0.2) is 4.98 Å². The number of carbonyl (C=O) groups is 1. The average molecular weight is 161 g/mol. The van der Waals surface area contributed by atoms with Crippen LogP contribution in [0.5, 0.6) is 0 Å². The van der Waals surface area contributed by atoms with Crippen molar-refractivity contribution in [3.05, 3.63) is 29.4 Å². The lowest BCUT2D eigenvalue weighted by molar-refractivity contribution is -0.393. The predicted octanol–water partition coefficient (Wildman–Crippen LogP) is 0.804. The third kappa shape index (κ3) is 1.03. The molecule has 0 radical (unpaired) electrons. The van der Waals surface area contributed by atoms with E-state index in [0.717, 1.165) is 11.4 Å². The fourth-order valence-electron chi connectivity index (χ4n) is 1.26. The topological polar surface area (TPSA) is 44.1 Å². The van der Waals surface area contributed by atoms with Crippen molar-refractivity contribution in [3.8, 4) is 0 Å². The third-order valence-corrected chi connectivity index (χ3v) is 1.85. The van der Waals surface area contributed by atoms with Crippen LogP contribution >= 0.6 is 0 Å². The molecule has 1 aliphatic rings. The second kappa shape index (κ2) is 2.52. The molecule has 1 heterocycles. The van der Waals surface area contributed by atoms with E-state index in [1.165, 1.54) is 0 Å². The first-order valence-electron chi connectivity index (χ1n) is 3.86. The lowest BCUT2D eigenvalue weighted by Crippen LogP contribution is -2.17. The highest BCUT2D eigenvalue weighted by atomic mass is 16.1. The fraction of sp³-hybridized carbons (Fsp3) is 0.222. The molecule has 2 rings (SSSR count). The Bertz CT molecular complexity index is 369. The Kier molecular flexibility index (Phi) is 1.50. The van der Waals surface area contributed by atoms with E-state index >= 15 is 0 Å². The summed E-state index contributed by atoms with van der Waals surface area (Å²) in [5.74, 6) is 0.877. The Morgan fingerprint density at radius 3 is 3.25 bits per heavy atom. The summed E-state index contributed by atoms with van der Waals surface area (Å²) in [6.07, 6.45) is 6.06. The van der Waals surface area contributed by atoms with Crippen molar-refractivity contribution in [1.82, 2.24) is 4.98 Å². The number of aromatic amines is 1. The Hall–Kier alpha value is -1.51. The van der Waals surface area contributed by atoms with E-state index in [9.17, 15) is 4.79 Å². The minimum Gasteiger partial charge on any atom is -0.290 e. The lowest BCUT2D eigenvalue weighted by Gasteiger charge is -2.01. The zero-order chi connectivity index (χ0) is 8.55. The van der Waals surface area contributed by atoms with Crippen molar-refractivity contribution in [3.63, 3.8) is 0 Å². The molecule has 0 bridgehead atoms. The van der Waals surface area contributed by atoms with E-state index in [2.05, 4.69) is 9.97 Å². The van der Waals surface area contributed by atoms with Gasteiger partial charge in [-0.1, -0.05) is 12.2 Å². The predicted molar refractivity (Wildman–Crippen MR) is 43.5 cm³/mol. The molecule has 0 fully saturated rings. The van der Waals surface area contributed by atoms with Crippen LogP contribution in [0.25, 0.3) is 6.08 Å². The number of H-pyrrole nitrogens is 1. The number of aromatic nitrogens is 2. The van der Waals surface area contributed by atoms with Gasteiger partial charge >= 0.3 is 0 Å². The van der Waals surface area contributed by atoms with Gasteiger partial charge in [-0.3, -0.25) is 4.79 Å². The molecule has 0 spiro atoms. The fourth-order valence-corrected chi connectivity index (χ4v) is 1.26. The molecule has 1 aromatic heterocycles. The standard InChI is InChI=1S/C9H8N2O/c1-6-10-5-7-3-2-4-8(12)9(7)11-6/h2-3,5H,4H2,1H3/p+1. The molecule has 1 N–H and O–H groups in total. The molecule has 0 amide bonds. The molecule has 0 aromatic carbocycles. The van der Waals surface area contributed by atoms with E-state index < -0.39 is 0 Å². The van der Waals surface area contributed by atoms with Gasteiger partial charge in [-0.05, 0) is 4.98 Å². The van der Waals surface area contributed by atoms with Gasteiger partial charge in [0, 0.05) is 13.3 Å². The van der Waals surface area contributed by atoms with Crippen LogP contribution in [0, 0.1) is 6.92 Å². The van der Waals surface area contributed by atoms with Crippen molar-refractivity contribution >= 4 is 11.9 Å². The summed E-state index contributed by atoms with van der Waals surface area (Å²) in [5, 5.41) is 0. The zero-order valence-electron chi connectivity index (χ0n) is 6.79. The molecule has 1 aliphatic carbocycles. The summed E-state index contributed by atoms with van der Waals surface area (Å²) in [6, 6.07) is 0. The first-order chi connectivity index (χ1) is 5.77. The highest BCUT2D eigenvalue weighted by molar-refractivity contribution is 6.00. The quantitative estimate of drug-likeness (QED) is 0.565. The number of allylic oxidation sites excluding steroid dienone is 1. The Morgan fingerprint density at radius 2 is 2.42 bits per heavy atom. The lowest BCUT2D eigenvalue weighted by atomic mass is 10.0. The highest BCUT2D eigenvalue weighted by Crippen LogP contribution is 2.14. The van der Waals surface area contributed by atoms with E-state index in [1.54, 1.807) is 0 Å². The molecule has 1 aromatic rings. The van der Waals surface area contributed by atoms with Crippen LogP contribution in [0.3, 0.4) is 0 Å². The summed E-state index contributed by atoms with van der Waals surface area (Å²) in [4.78, 5) is 18.4. The van der Waals surface area contributed by atoms with Gasteiger partial charge in [0.2, 0.25) is 11.5 Å². The van der Waals surface area contributed by atoms with Crippen molar-refractivity contribution in [2.24, 2.45) is 0 Å². The number of carbonyl (C=O) groups excluding carboxylic acids is 1. The molecule has 60 valence electrons. The normalized spacial score (nSPS) is 14.6. The smallest absolute Gasteiger partial charge is 0.290 e. The van der Waals surface area contributed by atoms with E-state index in [-0.39, 0.29) is 5.78 Å². The number of rotatable bonds is 0. The maximum atomic E-state index is 11.3. The minimum atomic E-state index is 0.101. The maximum absolute atomic E-state index is 11.3. The molecule has 0 saturated heterocycles. The minimum absolute atomic E-state index is 0.101. The van der Waals surface area contributed by atoms with Crippen LogP contribution in [0.15, 0.2) is 12.3 Å². The Balaban J connectivity index is 2.63. The zero-order valence-corrected chi connectivity index (χ0v) is 6.79. The molecule has 0 atom stereocenters. The summed E-state index contributed by atoms with van der Waals surface area (Å²) in [5.41, 5.74) is 1.48. The Labute approximate surface area is 70.2 Å². The van der Waals surface area contributed by atoms with Gasteiger partial charge in [-0.15, -0.1) is 0 Å². The van der Waals surface area contributed by atoms with Gasteiger partial charge in [0.15, 0.2) is 0 Å². The second-order valence-corrected chi connectivity index (χ2v) is 2.82. The molecule has 3 heteroatoms. The molecule has 0 saturated carbocycles. The SMILES string of the molecule is Cc1nc2c(c[nH+]1)C=CCC2=O. The summed E-state index contributed by atoms with van der Waals surface area (Å²) >= 11 is 0. The van der Waals surface area contributed by atoms with Crippen LogP contribution in [-0.4, -0.2) is 10.8 Å². The number of hydrogen-bond acceptors (Lipinski definition) is 2. The average Bonchev–Trinajstić information content (AvgIpc) is 2.07. The van der Waals surface area contributed by atoms with Crippen molar-refractivity contribution in [2.45, 2.75) is 13.3 Å². The van der Waals surface area contributed by atoms with E-state index in [4.69, 9.17) is 0 Å². The number of ketones is 1.